The molecule has 0 spiro atoms. The fourth-order valence-electron chi connectivity index (χ4n) is 3.42. The first kappa shape index (κ1) is 19.9. The first-order valence-corrected chi connectivity index (χ1v) is 9.78. The van der Waals surface area contributed by atoms with Crippen LogP contribution in [0, 0.1) is 18.3 Å². The van der Waals surface area contributed by atoms with Gasteiger partial charge in [0, 0.05) is 32.7 Å². The number of amides is 1. The summed E-state index contributed by atoms with van der Waals surface area (Å²) in [5.74, 6) is 0.768. The van der Waals surface area contributed by atoms with E-state index in [-0.39, 0.29) is 5.91 Å². The van der Waals surface area contributed by atoms with Crippen LogP contribution in [-0.2, 0) is 11.3 Å². The van der Waals surface area contributed by atoms with E-state index in [1.807, 2.05) is 67.3 Å². The summed E-state index contributed by atoms with van der Waals surface area (Å²) in [6.45, 7) is 7.94. The zero-order valence-electron chi connectivity index (χ0n) is 16.6. The number of nitriles is 1. The van der Waals surface area contributed by atoms with Crippen molar-refractivity contribution in [1.29, 1.82) is 5.26 Å². The van der Waals surface area contributed by atoms with Gasteiger partial charge < -0.3 is 9.64 Å². The Balaban J connectivity index is 1.52. The van der Waals surface area contributed by atoms with Crippen molar-refractivity contribution >= 4 is 5.91 Å². The second-order valence-electron chi connectivity index (χ2n) is 7.34. The van der Waals surface area contributed by atoms with Crippen molar-refractivity contribution in [3.63, 3.8) is 0 Å². The number of hydrogen-bond acceptors (Lipinski definition) is 4. The van der Waals surface area contributed by atoms with Crippen molar-refractivity contribution in [2.75, 3.05) is 26.2 Å². The Hall–Kier alpha value is -2.84. The van der Waals surface area contributed by atoms with Crippen molar-refractivity contribution in [2.45, 2.75) is 32.9 Å². The molecule has 0 aliphatic carbocycles. The van der Waals surface area contributed by atoms with Gasteiger partial charge in [-0.2, -0.15) is 5.26 Å². The van der Waals surface area contributed by atoms with Gasteiger partial charge in [-0.05, 0) is 50.1 Å². The predicted octanol–water partition coefficient (Wildman–Crippen LogP) is 3.37. The number of hydrogen-bond donors (Lipinski definition) is 0. The molecule has 1 fully saturated rings. The van der Waals surface area contributed by atoms with Crippen LogP contribution in [-0.4, -0.2) is 48.0 Å². The Bertz CT molecular complexity index is 824. The summed E-state index contributed by atoms with van der Waals surface area (Å²) in [6, 6.07) is 17.6. The molecule has 0 aromatic heterocycles. The molecular formula is C23H27N3O2. The van der Waals surface area contributed by atoms with Gasteiger partial charge in [-0.15, -0.1) is 0 Å². The summed E-state index contributed by atoms with van der Waals surface area (Å²) in [6.07, 6.45) is 0.451. The molecule has 5 nitrogen and oxygen atoms in total. The molecule has 3 rings (SSSR count). The molecule has 0 radical (unpaired) electrons. The summed E-state index contributed by atoms with van der Waals surface area (Å²) >= 11 is 0. The largest absolute Gasteiger partial charge is 0.481 e. The van der Waals surface area contributed by atoms with Gasteiger partial charge in [-0.3, -0.25) is 9.69 Å². The van der Waals surface area contributed by atoms with Crippen LogP contribution in [0.3, 0.4) is 0 Å². The van der Waals surface area contributed by atoms with E-state index in [1.54, 1.807) is 0 Å². The average molecular weight is 377 g/mol. The lowest BCUT2D eigenvalue weighted by Crippen LogP contribution is -2.42. The molecule has 0 N–H and O–H groups in total. The van der Waals surface area contributed by atoms with E-state index in [1.165, 1.54) is 11.1 Å². The number of rotatable bonds is 5. The lowest BCUT2D eigenvalue weighted by Gasteiger charge is -2.25. The summed E-state index contributed by atoms with van der Waals surface area (Å²) in [5, 5.41) is 8.91. The number of benzene rings is 2. The zero-order valence-corrected chi connectivity index (χ0v) is 16.6. The minimum absolute atomic E-state index is 0.0424. The molecule has 28 heavy (non-hydrogen) atoms. The van der Waals surface area contributed by atoms with Crippen LogP contribution in [0.15, 0.2) is 48.5 Å². The average Bonchev–Trinajstić information content (AvgIpc) is 2.95. The Morgan fingerprint density at radius 1 is 1.07 bits per heavy atom. The molecule has 1 aliphatic heterocycles. The normalized spacial score (nSPS) is 16.1. The zero-order chi connectivity index (χ0) is 19.9. The Labute approximate surface area is 167 Å². The Morgan fingerprint density at radius 3 is 2.46 bits per heavy atom. The summed E-state index contributed by atoms with van der Waals surface area (Å²) in [5.41, 5.74) is 3.04. The third-order valence-electron chi connectivity index (χ3n) is 5.07. The second-order valence-corrected chi connectivity index (χ2v) is 7.34. The summed E-state index contributed by atoms with van der Waals surface area (Å²) in [4.78, 5) is 17.1. The van der Waals surface area contributed by atoms with Crippen molar-refractivity contribution < 1.29 is 9.53 Å². The summed E-state index contributed by atoms with van der Waals surface area (Å²) in [7, 11) is 0. The van der Waals surface area contributed by atoms with Crippen LogP contribution in [0.1, 0.15) is 30.0 Å². The highest BCUT2D eigenvalue weighted by atomic mass is 16.5. The van der Waals surface area contributed by atoms with Gasteiger partial charge in [0.15, 0.2) is 6.10 Å². The molecule has 5 heteroatoms. The molecule has 2 aromatic rings. The van der Waals surface area contributed by atoms with Crippen LogP contribution < -0.4 is 4.74 Å². The standard InChI is InChI=1S/C23H27N3O2/c1-18-4-10-22(11-5-18)28-19(2)23(27)26-13-3-12-25(14-15-26)17-21-8-6-20(16-24)7-9-21/h4-11,19H,3,12-15,17H2,1-2H3. The molecule has 2 aromatic carbocycles. The van der Waals surface area contributed by atoms with E-state index in [0.29, 0.717) is 12.1 Å². The van der Waals surface area contributed by atoms with Crippen LogP contribution in [0.4, 0.5) is 0 Å². The molecule has 1 heterocycles. The Morgan fingerprint density at radius 2 is 1.79 bits per heavy atom. The third kappa shape index (κ3) is 5.34. The SMILES string of the molecule is Cc1ccc(OC(C)C(=O)N2CCCN(Cc3ccc(C#N)cc3)CC2)cc1. The lowest BCUT2D eigenvalue weighted by atomic mass is 10.1. The third-order valence-corrected chi connectivity index (χ3v) is 5.07. The van der Waals surface area contributed by atoms with Crippen LogP contribution in [0.5, 0.6) is 5.75 Å². The maximum absolute atomic E-state index is 12.8. The van der Waals surface area contributed by atoms with E-state index in [0.717, 1.165) is 38.3 Å². The molecular weight excluding hydrogens is 350 g/mol. The van der Waals surface area contributed by atoms with Gasteiger partial charge in [0.25, 0.3) is 5.91 Å². The van der Waals surface area contributed by atoms with Gasteiger partial charge in [0.05, 0.1) is 11.6 Å². The van der Waals surface area contributed by atoms with Crippen LogP contribution in [0.25, 0.3) is 0 Å². The highest BCUT2D eigenvalue weighted by Crippen LogP contribution is 2.16. The summed E-state index contributed by atoms with van der Waals surface area (Å²) < 4.78 is 5.84. The second kappa shape index (κ2) is 9.38. The van der Waals surface area contributed by atoms with Crippen molar-refractivity contribution in [3.8, 4) is 11.8 Å². The number of carbonyl (C=O) groups excluding carboxylic acids is 1. The van der Waals surface area contributed by atoms with E-state index < -0.39 is 6.10 Å². The van der Waals surface area contributed by atoms with E-state index in [9.17, 15) is 4.79 Å². The molecule has 0 saturated carbocycles. The molecule has 146 valence electrons. The van der Waals surface area contributed by atoms with Crippen molar-refractivity contribution in [2.24, 2.45) is 0 Å². The number of carbonyl (C=O) groups is 1. The lowest BCUT2D eigenvalue weighted by molar-refractivity contribution is -0.137. The van der Waals surface area contributed by atoms with Crippen LogP contribution in [0.2, 0.25) is 0 Å². The molecule has 1 unspecified atom stereocenters. The molecule has 1 amide bonds. The van der Waals surface area contributed by atoms with Crippen molar-refractivity contribution in [3.05, 3.63) is 65.2 Å². The van der Waals surface area contributed by atoms with Crippen molar-refractivity contribution in [1.82, 2.24) is 9.80 Å². The highest BCUT2D eigenvalue weighted by Gasteiger charge is 2.24. The van der Waals surface area contributed by atoms with Gasteiger partial charge in [0.2, 0.25) is 0 Å². The molecule has 1 atom stereocenters. The van der Waals surface area contributed by atoms with E-state index in [2.05, 4.69) is 11.0 Å². The fourth-order valence-corrected chi connectivity index (χ4v) is 3.42. The predicted molar refractivity (Wildman–Crippen MR) is 109 cm³/mol. The smallest absolute Gasteiger partial charge is 0.263 e. The Kier molecular flexibility index (Phi) is 6.67. The maximum atomic E-state index is 12.8. The van der Waals surface area contributed by atoms with Gasteiger partial charge in [0.1, 0.15) is 5.75 Å². The van der Waals surface area contributed by atoms with Crippen LogP contribution >= 0.6 is 0 Å². The molecule has 0 bridgehead atoms. The fraction of sp³-hybridized carbons (Fsp3) is 0.391. The maximum Gasteiger partial charge on any atom is 0.263 e. The molecule has 1 aliphatic rings. The van der Waals surface area contributed by atoms with E-state index in [4.69, 9.17) is 10.00 Å². The molecule has 1 saturated heterocycles. The van der Waals surface area contributed by atoms with Gasteiger partial charge >= 0.3 is 0 Å². The number of nitrogens with zero attached hydrogens (tertiary/aromatic N) is 3. The van der Waals surface area contributed by atoms with E-state index >= 15 is 0 Å². The highest BCUT2D eigenvalue weighted by molar-refractivity contribution is 5.81. The van der Waals surface area contributed by atoms with Gasteiger partial charge in [-0.25, -0.2) is 0 Å². The number of aryl methyl sites for hydroxylation is 1. The number of ether oxygens (including phenoxy) is 1. The minimum Gasteiger partial charge on any atom is -0.481 e. The monoisotopic (exact) mass is 377 g/mol. The minimum atomic E-state index is -0.493. The van der Waals surface area contributed by atoms with Gasteiger partial charge in [-0.1, -0.05) is 29.8 Å². The first-order chi connectivity index (χ1) is 13.5. The quantitative estimate of drug-likeness (QED) is 0.802. The first-order valence-electron chi connectivity index (χ1n) is 9.78. The topological polar surface area (TPSA) is 56.6 Å².